The first-order valence-corrected chi connectivity index (χ1v) is 11.5. The smallest absolute Gasteiger partial charge is 0.263 e. The van der Waals surface area contributed by atoms with Gasteiger partial charge < -0.3 is 4.74 Å². The van der Waals surface area contributed by atoms with E-state index in [4.69, 9.17) is 4.74 Å². The molecule has 2 heterocycles. The van der Waals surface area contributed by atoms with Crippen LogP contribution < -0.4 is 14.4 Å². The van der Waals surface area contributed by atoms with E-state index in [1.165, 1.54) is 23.1 Å². The lowest BCUT2D eigenvalue weighted by Crippen LogP contribution is -2.32. The molecule has 160 valence electrons. The Bertz CT molecular complexity index is 1210. The summed E-state index contributed by atoms with van der Waals surface area (Å²) < 4.78 is 34.7. The van der Waals surface area contributed by atoms with E-state index in [1.54, 1.807) is 25.3 Å². The van der Waals surface area contributed by atoms with Crippen LogP contribution in [0.4, 0.5) is 5.82 Å². The maximum Gasteiger partial charge on any atom is 0.263 e. The van der Waals surface area contributed by atoms with Crippen LogP contribution in [0.5, 0.6) is 11.5 Å². The quantitative estimate of drug-likeness (QED) is 0.622. The number of aromatic nitrogens is 1. The first kappa shape index (κ1) is 21.0. The molecular weight excluding hydrogens is 414 g/mol. The molecule has 0 radical (unpaired) electrons. The Kier molecular flexibility index (Phi) is 5.75. The molecule has 3 aromatic rings. The molecule has 8 heteroatoms. The van der Waals surface area contributed by atoms with Gasteiger partial charge in [0.2, 0.25) is 10.0 Å². The molecule has 31 heavy (non-hydrogen) atoms. The fourth-order valence-electron chi connectivity index (χ4n) is 3.50. The first-order valence-electron chi connectivity index (χ1n) is 10.1. The average molecular weight is 438 g/mol. The summed E-state index contributed by atoms with van der Waals surface area (Å²) in [4.78, 5) is 19.1. The van der Waals surface area contributed by atoms with E-state index in [2.05, 4.69) is 9.71 Å². The van der Waals surface area contributed by atoms with Crippen LogP contribution in [0.25, 0.3) is 0 Å². The Morgan fingerprint density at radius 1 is 1.06 bits per heavy atom. The van der Waals surface area contributed by atoms with Gasteiger partial charge in [0.15, 0.2) is 11.6 Å². The summed E-state index contributed by atoms with van der Waals surface area (Å²) in [6, 6.07) is 16.7. The highest BCUT2D eigenvalue weighted by atomic mass is 32.2. The molecule has 2 aromatic carbocycles. The highest BCUT2D eigenvalue weighted by Gasteiger charge is 2.30. The van der Waals surface area contributed by atoms with Crippen molar-refractivity contribution in [3.8, 4) is 11.5 Å². The molecule has 0 aliphatic carbocycles. The second-order valence-corrected chi connectivity index (χ2v) is 9.01. The van der Waals surface area contributed by atoms with Crippen LogP contribution in [0, 0.1) is 0 Å². The highest BCUT2D eigenvalue weighted by Crippen LogP contribution is 2.38. The van der Waals surface area contributed by atoms with Gasteiger partial charge in [0.05, 0.1) is 10.5 Å². The SMILES string of the molecule is CCCN1C(=O)c2cc(S(=O)(=O)N[C@H](C)c3ccccc3)ccc2Oc2cccnc21. The predicted molar refractivity (Wildman–Crippen MR) is 118 cm³/mol. The van der Waals surface area contributed by atoms with E-state index in [1.807, 2.05) is 37.3 Å². The average Bonchev–Trinajstić information content (AvgIpc) is 2.89. The number of carbonyl (C=O) groups is 1. The Morgan fingerprint density at radius 3 is 2.58 bits per heavy atom. The molecule has 0 saturated heterocycles. The van der Waals surface area contributed by atoms with Crippen molar-refractivity contribution in [2.45, 2.75) is 31.2 Å². The monoisotopic (exact) mass is 437 g/mol. The van der Waals surface area contributed by atoms with E-state index < -0.39 is 16.1 Å². The molecule has 1 atom stereocenters. The predicted octanol–water partition coefficient (Wildman–Crippen LogP) is 4.28. The van der Waals surface area contributed by atoms with Gasteiger partial charge >= 0.3 is 0 Å². The van der Waals surface area contributed by atoms with Crippen LogP contribution in [-0.4, -0.2) is 25.9 Å². The zero-order valence-electron chi connectivity index (χ0n) is 17.3. The highest BCUT2D eigenvalue weighted by molar-refractivity contribution is 7.89. The Hall–Kier alpha value is -3.23. The lowest BCUT2D eigenvalue weighted by atomic mass is 10.1. The molecule has 0 bridgehead atoms. The normalized spacial score (nSPS) is 14.3. The third-order valence-corrected chi connectivity index (χ3v) is 6.58. The molecule has 1 aromatic heterocycles. The summed E-state index contributed by atoms with van der Waals surface area (Å²) in [6.07, 6.45) is 2.31. The van der Waals surface area contributed by atoms with E-state index in [0.29, 0.717) is 30.3 Å². The molecule has 1 aliphatic heterocycles. The number of hydrogen-bond acceptors (Lipinski definition) is 5. The molecule has 1 N–H and O–H groups in total. The third-order valence-electron chi connectivity index (χ3n) is 5.04. The second kappa shape index (κ2) is 8.49. The number of hydrogen-bond donors (Lipinski definition) is 1. The fourth-order valence-corrected chi connectivity index (χ4v) is 4.76. The van der Waals surface area contributed by atoms with Gasteiger partial charge in [0.25, 0.3) is 5.91 Å². The maximum absolute atomic E-state index is 13.3. The Morgan fingerprint density at radius 2 is 1.84 bits per heavy atom. The molecular formula is C23H23N3O4S. The number of rotatable bonds is 6. The number of carbonyl (C=O) groups excluding carboxylic acids is 1. The number of ether oxygens (including phenoxy) is 1. The van der Waals surface area contributed by atoms with Gasteiger partial charge in [-0.25, -0.2) is 18.1 Å². The van der Waals surface area contributed by atoms with Crippen molar-refractivity contribution in [1.82, 2.24) is 9.71 Å². The number of benzene rings is 2. The van der Waals surface area contributed by atoms with Crippen molar-refractivity contribution >= 4 is 21.7 Å². The lowest BCUT2D eigenvalue weighted by molar-refractivity contribution is 0.0986. The summed E-state index contributed by atoms with van der Waals surface area (Å²) in [5.41, 5.74) is 1.03. The van der Waals surface area contributed by atoms with Gasteiger partial charge in [0, 0.05) is 18.8 Å². The van der Waals surface area contributed by atoms with Crippen molar-refractivity contribution in [2.24, 2.45) is 0 Å². The molecule has 1 amide bonds. The largest absolute Gasteiger partial charge is 0.453 e. The van der Waals surface area contributed by atoms with Gasteiger partial charge in [0.1, 0.15) is 5.75 Å². The molecule has 0 unspecified atom stereocenters. The van der Waals surface area contributed by atoms with E-state index in [-0.39, 0.29) is 16.4 Å². The van der Waals surface area contributed by atoms with Crippen LogP contribution in [0.1, 0.15) is 42.2 Å². The maximum atomic E-state index is 13.3. The van der Waals surface area contributed by atoms with Crippen LogP contribution in [0.15, 0.2) is 71.8 Å². The number of pyridine rings is 1. The summed E-state index contributed by atoms with van der Waals surface area (Å²) in [7, 11) is -3.87. The minimum atomic E-state index is -3.87. The minimum absolute atomic E-state index is 0.00125. The Balaban J connectivity index is 1.70. The van der Waals surface area contributed by atoms with Crippen molar-refractivity contribution in [3.63, 3.8) is 0 Å². The summed E-state index contributed by atoms with van der Waals surface area (Å²) in [5.74, 6) is 0.829. The van der Waals surface area contributed by atoms with Crippen LogP contribution >= 0.6 is 0 Å². The van der Waals surface area contributed by atoms with Gasteiger partial charge in [-0.05, 0) is 49.2 Å². The van der Waals surface area contributed by atoms with Crippen molar-refractivity contribution in [1.29, 1.82) is 0 Å². The topological polar surface area (TPSA) is 88.6 Å². The number of nitrogens with one attached hydrogen (secondary N) is 1. The molecule has 0 fully saturated rings. The van der Waals surface area contributed by atoms with Gasteiger partial charge in [-0.3, -0.25) is 9.69 Å². The van der Waals surface area contributed by atoms with Gasteiger partial charge in [-0.1, -0.05) is 37.3 Å². The summed E-state index contributed by atoms with van der Waals surface area (Å²) in [6.45, 7) is 4.17. The lowest BCUT2D eigenvalue weighted by Gasteiger charge is -2.20. The zero-order chi connectivity index (χ0) is 22.0. The van der Waals surface area contributed by atoms with Crippen molar-refractivity contribution in [2.75, 3.05) is 11.4 Å². The fraction of sp³-hybridized carbons (Fsp3) is 0.217. The molecule has 0 spiro atoms. The number of anilines is 1. The number of amides is 1. The Labute approximate surface area is 181 Å². The zero-order valence-corrected chi connectivity index (χ0v) is 18.1. The van der Waals surface area contributed by atoms with E-state index in [9.17, 15) is 13.2 Å². The molecule has 7 nitrogen and oxygen atoms in total. The summed E-state index contributed by atoms with van der Waals surface area (Å²) in [5, 5.41) is 0. The van der Waals surface area contributed by atoms with Gasteiger partial charge in [-0.15, -0.1) is 0 Å². The standard InChI is InChI=1S/C23H23N3O4S/c1-3-14-26-22-21(10-7-13-24-22)30-20-12-11-18(15-19(20)23(26)27)31(28,29)25-16(2)17-8-5-4-6-9-17/h4-13,15-16,25H,3,14H2,1-2H3/t16-/m1/s1. The number of fused-ring (bicyclic) bond motifs is 2. The van der Waals surface area contributed by atoms with E-state index >= 15 is 0 Å². The number of nitrogens with zero attached hydrogens (tertiary/aromatic N) is 2. The first-order chi connectivity index (χ1) is 14.9. The van der Waals surface area contributed by atoms with Crippen molar-refractivity contribution in [3.05, 3.63) is 78.0 Å². The molecule has 4 rings (SSSR count). The van der Waals surface area contributed by atoms with Gasteiger partial charge in [-0.2, -0.15) is 0 Å². The van der Waals surface area contributed by atoms with Crippen LogP contribution in [0.2, 0.25) is 0 Å². The van der Waals surface area contributed by atoms with E-state index in [0.717, 1.165) is 5.56 Å². The third kappa shape index (κ3) is 4.17. The minimum Gasteiger partial charge on any atom is -0.453 e. The number of sulfonamides is 1. The second-order valence-electron chi connectivity index (χ2n) is 7.30. The molecule has 0 saturated carbocycles. The van der Waals surface area contributed by atoms with Crippen LogP contribution in [-0.2, 0) is 10.0 Å². The summed E-state index contributed by atoms with van der Waals surface area (Å²) >= 11 is 0. The molecule has 1 aliphatic rings. The van der Waals surface area contributed by atoms with Crippen LogP contribution in [0.3, 0.4) is 0 Å². The van der Waals surface area contributed by atoms with Crippen molar-refractivity contribution < 1.29 is 17.9 Å².